The summed E-state index contributed by atoms with van der Waals surface area (Å²) in [5.41, 5.74) is 2.48. The quantitative estimate of drug-likeness (QED) is 0.346. The van der Waals surface area contributed by atoms with E-state index in [1.807, 2.05) is 30.3 Å². The third-order valence-corrected chi connectivity index (χ3v) is 5.64. The van der Waals surface area contributed by atoms with E-state index in [0.29, 0.717) is 27.2 Å². The van der Waals surface area contributed by atoms with Gasteiger partial charge in [-0.2, -0.15) is 0 Å². The number of amides is 2. The Balaban J connectivity index is 0.00000361. The number of carboxylic acid groups (broad SMARTS) is 1. The zero-order valence-corrected chi connectivity index (χ0v) is 22.5. The maximum atomic E-state index is 13.1. The van der Waals surface area contributed by atoms with Crippen LogP contribution in [-0.4, -0.2) is 23.2 Å². The van der Waals surface area contributed by atoms with Crippen LogP contribution in [0.4, 0.5) is 10.5 Å². The van der Waals surface area contributed by atoms with Crippen molar-refractivity contribution in [2.24, 2.45) is 7.05 Å². The van der Waals surface area contributed by atoms with E-state index in [1.165, 1.54) is 10.6 Å². The number of ether oxygens (including phenoxy) is 1. The average molecular weight is 514 g/mol. The first-order chi connectivity index (χ1) is 16.8. The van der Waals surface area contributed by atoms with Crippen molar-refractivity contribution < 1.29 is 49.0 Å². The van der Waals surface area contributed by atoms with E-state index in [4.69, 9.17) is 16.3 Å². The van der Waals surface area contributed by atoms with Crippen LogP contribution >= 0.6 is 11.6 Å². The first-order valence-electron chi connectivity index (χ1n) is 10.7. The van der Waals surface area contributed by atoms with Crippen LogP contribution in [0.15, 0.2) is 77.6 Å². The Morgan fingerprint density at radius 3 is 2.47 bits per heavy atom. The number of hydrogen-bond donors (Lipinski definition) is 2. The second kappa shape index (κ2) is 12.1. The number of carbonyl (C=O) groups excluding carboxylic acids is 2. The van der Waals surface area contributed by atoms with Gasteiger partial charge in [0.1, 0.15) is 12.4 Å². The molecule has 0 atom stereocenters. The molecule has 0 aliphatic carbocycles. The van der Waals surface area contributed by atoms with Crippen molar-refractivity contribution in [3.05, 3.63) is 93.9 Å². The summed E-state index contributed by atoms with van der Waals surface area (Å²) in [4.78, 5) is 36.3. The number of urea groups is 1. The van der Waals surface area contributed by atoms with Crippen molar-refractivity contribution in [3.63, 3.8) is 0 Å². The van der Waals surface area contributed by atoms with E-state index in [0.717, 1.165) is 11.1 Å². The van der Waals surface area contributed by atoms with Crippen LogP contribution in [-0.2, 0) is 18.4 Å². The number of fused-ring (bicyclic) bond motifs is 1. The number of aromatic nitrogens is 1. The van der Waals surface area contributed by atoms with Gasteiger partial charge in [-0.05, 0) is 41.3 Å². The molecule has 36 heavy (non-hydrogen) atoms. The SMILES string of the molecule is Cn1c(CNC(=O)Nc2cccc(OCC(=O)[O-])c2)c(-c2ccccc2)c2cc(Cl)ccc2c1=O.[Na+]. The van der Waals surface area contributed by atoms with E-state index in [-0.39, 0.29) is 47.4 Å². The van der Waals surface area contributed by atoms with Crippen molar-refractivity contribution in [2.45, 2.75) is 6.54 Å². The minimum Gasteiger partial charge on any atom is -0.546 e. The van der Waals surface area contributed by atoms with Gasteiger partial charge < -0.3 is 29.8 Å². The van der Waals surface area contributed by atoms with Crippen LogP contribution in [0.1, 0.15) is 5.69 Å². The molecule has 0 saturated carbocycles. The average Bonchev–Trinajstić information content (AvgIpc) is 2.84. The summed E-state index contributed by atoms with van der Waals surface area (Å²) in [6, 6.07) is 20.5. The van der Waals surface area contributed by atoms with Crippen LogP contribution in [0.3, 0.4) is 0 Å². The Hall–Kier alpha value is -3.30. The number of pyridine rings is 1. The number of benzene rings is 3. The molecule has 2 N–H and O–H groups in total. The normalized spacial score (nSPS) is 10.4. The van der Waals surface area contributed by atoms with Crippen LogP contribution in [0.2, 0.25) is 5.02 Å². The number of carboxylic acids is 1. The number of hydrogen-bond acceptors (Lipinski definition) is 5. The summed E-state index contributed by atoms with van der Waals surface area (Å²) in [5, 5.41) is 17.8. The molecule has 0 spiro atoms. The Kier molecular flexibility index (Phi) is 9.17. The van der Waals surface area contributed by atoms with Gasteiger partial charge in [0.25, 0.3) is 5.56 Å². The Labute approximate surface area is 234 Å². The molecule has 8 nitrogen and oxygen atoms in total. The molecule has 178 valence electrons. The Morgan fingerprint density at radius 2 is 1.75 bits per heavy atom. The zero-order valence-electron chi connectivity index (χ0n) is 19.7. The topological polar surface area (TPSA) is 112 Å². The van der Waals surface area contributed by atoms with Gasteiger partial charge in [-0.15, -0.1) is 0 Å². The summed E-state index contributed by atoms with van der Waals surface area (Å²) in [6.07, 6.45) is 0. The molecule has 2 amide bonds. The summed E-state index contributed by atoms with van der Waals surface area (Å²) in [6.45, 7) is -0.539. The fourth-order valence-corrected chi connectivity index (χ4v) is 3.99. The summed E-state index contributed by atoms with van der Waals surface area (Å²) >= 11 is 6.26. The van der Waals surface area contributed by atoms with Gasteiger partial charge in [0.15, 0.2) is 0 Å². The number of halogens is 1. The summed E-state index contributed by atoms with van der Waals surface area (Å²) in [5.74, 6) is -1.08. The minimum atomic E-state index is -1.35. The second-order valence-corrected chi connectivity index (χ2v) is 8.17. The first kappa shape index (κ1) is 27.3. The number of carbonyl (C=O) groups is 2. The number of aliphatic carboxylic acids is 1. The molecule has 3 aromatic carbocycles. The van der Waals surface area contributed by atoms with E-state index >= 15 is 0 Å². The maximum absolute atomic E-state index is 13.1. The molecule has 4 aromatic rings. The number of rotatable bonds is 7. The monoisotopic (exact) mass is 513 g/mol. The van der Waals surface area contributed by atoms with Gasteiger partial charge in [-0.25, -0.2) is 4.79 Å². The van der Waals surface area contributed by atoms with Gasteiger partial charge in [0, 0.05) is 40.5 Å². The van der Waals surface area contributed by atoms with Crippen LogP contribution < -0.4 is 55.6 Å². The molecular formula is C26H21ClN3NaO5. The van der Waals surface area contributed by atoms with Gasteiger partial charge in [0.2, 0.25) is 0 Å². The molecule has 0 bridgehead atoms. The summed E-state index contributed by atoms with van der Waals surface area (Å²) < 4.78 is 6.60. The predicted molar refractivity (Wildman–Crippen MR) is 132 cm³/mol. The van der Waals surface area contributed by atoms with Crippen molar-refractivity contribution in [1.82, 2.24) is 9.88 Å². The number of anilines is 1. The molecular weight excluding hydrogens is 493 g/mol. The smallest absolute Gasteiger partial charge is 0.546 e. The van der Waals surface area contributed by atoms with E-state index in [1.54, 1.807) is 43.4 Å². The standard InChI is InChI=1S/C26H22ClN3O5.Na/c1-30-22(14-28-26(34)29-18-8-5-9-19(13-18)35-15-23(31)32)24(16-6-3-2-4-7-16)21-12-17(27)10-11-20(21)25(30)33;/h2-13H,14-15H2,1H3,(H,31,32)(H2,28,29,34);/q;+1/p-1. The molecule has 1 heterocycles. The van der Waals surface area contributed by atoms with Crippen molar-refractivity contribution >= 4 is 40.1 Å². The fraction of sp³-hybridized carbons (Fsp3) is 0.115. The molecule has 0 saturated heterocycles. The minimum absolute atomic E-state index is 0. The van der Waals surface area contributed by atoms with Crippen LogP contribution in [0.5, 0.6) is 5.75 Å². The van der Waals surface area contributed by atoms with Crippen molar-refractivity contribution in [2.75, 3.05) is 11.9 Å². The van der Waals surface area contributed by atoms with Gasteiger partial charge in [-0.3, -0.25) is 4.79 Å². The van der Waals surface area contributed by atoms with Gasteiger partial charge in [0.05, 0.1) is 12.5 Å². The van der Waals surface area contributed by atoms with Crippen LogP contribution in [0.25, 0.3) is 21.9 Å². The summed E-state index contributed by atoms with van der Waals surface area (Å²) in [7, 11) is 1.66. The number of nitrogens with zero attached hydrogens (tertiary/aromatic N) is 1. The van der Waals surface area contributed by atoms with Gasteiger partial charge >= 0.3 is 35.6 Å². The molecule has 4 rings (SSSR count). The maximum Gasteiger partial charge on any atom is 1.00 e. The molecule has 0 radical (unpaired) electrons. The molecule has 0 aliphatic rings. The molecule has 0 unspecified atom stereocenters. The molecule has 1 aromatic heterocycles. The molecule has 10 heteroatoms. The van der Waals surface area contributed by atoms with E-state index < -0.39 is 18.6 Å². The first-order valence-corrected chi connectivity index (χ1v) is 11.1. The van der Waals surface area contributed by atoms with Crippen molar-refractivity contribution in [1.29, 1.82) is 0 Å². The Morgan fingerprint density at radius 1 is 1.00 bits per heavy atom. The molecule has 0 fully saturated rings. The Bertz CT molecular complexity index is 1470. The largest absolute Gasteiger partial charge is 1.00 e. The number of nitrogens with one attached hydrogen (secondary N) is 2. The van der Waals surface area contributed by atoms with Gasteiger partial charge in [-0.1, -0.05) is 48.0 Å². The zero-order chi connectivity index (χ0) is 24.9. The predicted octanol–water partition coefficient (Wildman–Crippen LogP) is 0.313. The fourth-order valence-electron chi connectivity index (χ4n) is 3.82. The van der Waals surface area contributed by atoms with Crippen molar-refractivity contribution in [3.8, 4) is 16.9 Å². The van der Waals surface area contributed by atoms with E-state index in [2.05, 4.69) is 10.6 Å². The third kappa shape index (κ3) is 6.27. The van der Waals surface area contributed by atoms with E-state index in [9.17, 15) is 19.5 Å². The second-order valence-electron chi connectivity index (χ2n) is 7.74. The molecule has 0 aliphatic heterocycles. The van der Waals surface area contributed by atoms with Crippen LogP contribution in [0, 0.1) is 0 Å². The third-order valence-electron chi connectivity index (χ3n) is 5.41.